The molecule has 0 amide bonds. The molecular formula is C22H34O3. The molecule has 25 heavy (non-hydrogen) atoms. The first kappa shape index (κ1) is 16.8. The molecule has 5 aliphatic rings. The molecule has 0 aromatic rings. The summed E-state index contributed by atoms with van der Waals surface area (Å²) in [4.78, 5) is 0. The average molecular weight is 347 g/mol. The van der Waals surface area contributed by atoms with Gasteiger partial charge >= 0.3 is 0 Å². The molecule has 1 heterocycles. The summed E-state index contributed by atoms with van der Waals surface area (Å²) in [6.07, 6.45) is 10.6. The zero-order valence-corrected chi connectivity index (χ0v) is 16.1. The number of hydrogen-bond acceptors (Lipinski definition) is 3. The number of ether oxygens (including phenoxy) is 2. The Morgan fingerprint density at radius 3 is 2.56 bits per heavy atom. The fourth-order valence-corrected chi connectivity index (χ4v) is 7.64. The molecular weight excluding hydrogens is 312 g/mol. The van der Waals surface area contributed by atoms with Crippen LogP contribution in [0.3, 0.4) is 0 Å². The molecule has 7 atom stereocenters. The highest BCUT2D eigenvalue weighted by molar-refractivity contribution is 5.32. The van der Waals surface area contributed by atoms with Crippen molar-refractivity contribution in [2.24, 2.45) is 34.5 Å². The Bertz CT molecular complexity index is 592. The molecule has 0 aromatic carbocycles. The number of allylic oxidation sites excluding steroid dienone is 1. The van der Waals surface area contributed by atoms with E-state index in [9.17, 15) is 5.11 Å². The normalized spacial score (nSPS) is 53.9. The van der Waals surface area contributed by atoms with Crippen LogP contribution in [-0.2, 0) is 9.47 Å². The molecule has 0 aromatic heterocycles. The molecule has 3 saturated carbocycles. The van der Waals surface area contributed by atoms with Gasteiger partial charge in [-0.2, -0.15) is 0 Å². The highest BCUT2D eigenvalue weighted by atomic mass is 16.7. The van der Waals surface area contributed by atoms with E-state index in [0.29, 0.717) is 30.5 Å². The van der Waals surface area contributed by atoms with Crippen molar-refractivity contribution in [2.45, 2.75) is 77.6 Å². The number of fused-ring (bicyclic) bond motifs is 6. The monoisotopic (exact) mass is 346 g/mol. The standard InChI is InChI=1S/C22H34O3/c1-14-6-8-20(2)15(12-14)4-5-16-17-7-9-22(24-10-11-25-22)21(17,3)19(23)13-18(16)20/h13-17,19,23H,4-12H2,1-3H3/t14-,15-,16?,17?,19+,20+,21-/m1/s1. The summed E-state index contributed by atoms with van der Waals surface area (Å²) in [6, 6.07) is 0. The fourth-order valence-electron chi connectivity index (χ4n) is 7.64. The van der Waals surface area contributed by atoms with Gasteiger partial charge < -0.3 is 14.6 Å². The average Bonchev–Trinajstić information content (AvgIpc) is 3.18. The lowest BCUT2D eigenvalue weighted by atomic mass is 9.48. The molecule has 4 fully saturated rings. The Hall–Kier alpha value is -0.380. The summed E-state index contributed by atoms with van der Waals surface area (Å²) < 4.78 is 12.3. The first-order valence-electron chi connectivity index (χ1n) is 10.6. The minimum Gasteiger partial charge on any atom is -0.388 e. The van der Waals surface area contributed by atoms with Crippen LogP contribution in [0.2, 0.25) is 0 Å². The maximum atomic E-state index is 11.3. The van der Waals surface area contributed by atoms with Crippen LogP contribution in [0.15, 0.2) is 11.6 Å². The van der Waals surface area contributed by atoms with Gasteiger partial charge in [-0.25, -0.2) is 0 Å². The van der Waals surface area contributed by atoms with Crippen molar-refractivity contribution in [3.63, 3.8) is 0 Å². The van der Waals surface area contributed by atoms with Gasteiger partial charge in [-0.05, 0) is 67.6 Å². The van der Waals surface area contributed by atoms with Crippen LogP contribution in [0, 0.1) is 34.5 Å². The van der Waals surface area contributed by atoms with E-state index in [0.717, 1.165) is 24.7 Å². The predicted octanol–water partition coefficient (Wildman–Crippen LogP) is 4.30. The summed E-state index contributed by atoms with van der Waals surface area (Å²) in [6.45, 7) is 8.51. The van der Waals surface area contributed by atoms with E-state index in [2.05, 4.69) is 26.8 Å². The quantitative estimate of drug-likeness (QED) is 0.665. The molecule has 1 saturated heterocycles. The largest absolute Gasteiger partial charge is 0.388 e. The number of aliphatic hydroxyl groups is 1. The van der Waals surface area contributed by atoms with E-state index >= 15 is 0 Å². The van der Waals surface area contributed by atoms with Gasteiger partial charge in [0.15, 0.2) is 5.79 Å². The Morgan fingerprint density at radius 1 is 1.04 bits per heavy atom. The second-order valence-corrected chi connectivity index (χ2v) is 10.1. The van der Waals surface area contributed by atoms with Crippen molar-refractivity contribution in [1.82, 2.24) is 0 Å². The maximum Gasteiger partial charge on any atom is 0.176 e. The number of aliphatic hydroxyl groups excluding tert-OH is 1. The number of hydrogen-bond donors (Lipinski definition) is 1. The van der Waals surface area contributed by atoms with Crippen LogP contribution in [0.5, 0.6) is 0 Å². The van der Waals surface area contributed by atoms with E-state index in [-0.39, 0.29) is 5.41 Å². The summed E-state index contributed by atoms with van der Waals surface area (Å²) in [5, 5.41) is 11.3. The molecule has 2 unspecified atom stereocenters. The third-order valence-corrected chi connectivity index (χ3v) is 9.20. The Labute approximate surface area is 152 Å². The molecule has 1 spiro atoms. The SMILES string of the molecule is C[C@@H]1CC[C@]2(C)C3=C[C@H](O)[C@@]4(C)C(CCC45OCCO5)C3CC[C@@H]2C1. The van der Waals surface area contributed by atoms with E-state index in [1.54, 1.807) is 5.57 Å². The molecule has 1 N–H and O–H groups in total. The van der Waals surface area contributed by atoms with E-state index in [4.69, 9.17) is 9.47 Å². The van der Waals surface area contributed by atoms with Gasteiger partial charge in [0.1, 0.15) is 0 Å². The van der Waals surface area contributed by atoms with Crippen LogP contribution in [0.25, 0.3) is 0 Å². The Morgan fingerprint density at radius 2 is 1.80 bits per heavy atom. The predicted molar refractivity (Wildman–Crippen MR) is 96.9 cm³/mol. The highest BCUT2D eigenvalue weighted by Crippen LogP contribution is 2.67. The lowest BCUT2D eigenvalue weighted by Crippen LogP contribution is -2.58. The minimum atomic E-state index is -0.544. The maximum absolute atomic E-state index is 11.3. The van der Waals surface area contributed by atoms with E-state index in [1.807, 2.05) is 0 Å². The fraction of sp³-hybridized carbons (Fsp3) is 0.909. The molecule has 0 radical (unpaired) electrons. The van der Waals surface area contributed by atoms with Gasteiger partial charge in [-0.3, -0.25) is 0 Å². The highest BCUT2D eigenvalue weighted by Gasteiger charge is 2.68. The van der Waals surface area contributed by atoms with Gasteiger partial charge in [0.05, 0.1) is 24.7 Å². The van der Waals surface area contributed by atoms with Crippen LogP contribution in [0.1, 0.15) is 65.7 Å². The van der Waals surface area contributed by atoms with Crippen molar-refractivity contribution in [3.05, 3.63) is 11.6 Å². The van der Waals surface area contributed by atoms with Crippen LogP contribution in [-0.4, -0.2) is 30.2 Å². The van der Waals surface area contributed by atoms with Gasteiger partial charge in [0, 0.05) is 6.42 Å². The Balaban J connectivity index is 1.56. The summed E-state index contributed by atoms with van der Waals surface area (Å²) in [5.41, 5.74) is 1.62. The smallest absolute Gasteiger partial charge is 0.176 e. The molecule has 140 valence electrons. The van der Waals surface area contributed by atoms with Crippen molar-refractivity contribution in [1.29, 1.82) is 0 Å². The molecule has 3 heteroatoms. The second kappa shape index (κ2) is 5.33. The number of rotatable bonds is 0. The third kappa shape index (κ3) is 1.98. The van der Waals surface area contributed by atoms with Gasteiger partial charge in [0.25, 0.3) is 0 Å². The van der Waals surface area contributed by atoms with Gasteiger partial charge in [-0.15, -0.1) is 0 Å². The van der Waals surface area contributed by atoms with Crippen molar-refractivity contribution in [2.75, 3.05) is 13.2 Å². The van der Waals surface area contributed by atoms with E-state index < -0.39 is 11.9 Å². The topological polar surface area (TPSA) is 38.7 Å². The lowest BCUT2D eigenvalue weighted by Gasteiger charge is -2.58. The summed E-state index contributed by atoms with van der Waals surface area (Å²) in [7, 11) is 0. The van der Waals surface area contributed by atoms with Crippen molar-refractivity contribution < 1.29 is 14.6 Å². The summed E-state index contributed by atoms with van der Waals surface area (Å²) >= 11 is 0. The van der Waals surface area contributed by atoms with E-state index in [1.165, 1.54) is 32.1 Å². The first-order valence-corrected chi connectivity index (χ1v) is 10.6. The minimum absolute atomic E-state index is 0.289. The molecule has 4 aliphatic carbocycles. The molecule has 1 aliphatic heterocycles. The van der Waals surface area contributed by atoms with Crippen LogP contribution < -0.4 is 0 Å². The summed E-state index contributed by atoms with van der Waals surface area (Å²) in [5.74, 6) is 2.25. The zero-order chi connectivity index (χ0) is 17.4. The van der Waals surface area contributed by atoms with Crippen molar-refractivity contribution >= 4 is 0 Å². The molecule has 0 bridgehead atoms. The van der Waals surface area contributed by atoms with Crippen molar-refractivity contribution in [3.8, 4) is 0 Å². The zero-order valence-electron chi connectivity index (χ0n) is 16.1. The van der Waals surface area contributed by atoms with Crippen LogP contribution >= 0.6 is 0 Å². The van der Waals surface area contributed by atoms with Gasteiger partial charge in [0.2, 0.25) is 0 Å². The third-order valence-electron chi connectivity index (χ3n) is 9.20. The first-order chi connectivity index (χ1) is 11.9. The Kier molecular flexibility index (Phi) is 3.57. The lowest BCUT2D eigenvalue weighted by molar-refractivity contribution is -0.252. The second-order valence-electron chi connectivity index (χ2n) is 10.1. The molecule has 3 nitrogen and oxygen atoms in total. The van der Waals surface area contributed by atoms with Gasteiger partial charge in [-0.1, -0.05) is 32.4 Å². The molecule has 5 rings (SSSR count). The van der Waals surface area contributed by atoms with Crippen LogP contribution in [0.4, 0.5) is 0 Å².